The van der Waals surface area contributed by atoms with E-state index in [4.69, 9.17) is 10.3 Å². The van der Waals surface area contributed by atoms with Crippen molar-refractivity contribution in [1.29, 1.82) is 0 Å². The van der Waals surface area contributed by atoms with Crippen LogP contribution in [0.2, 0.25) is 0 Å². The lowest BCUT2D eigenvalue weighted by Crippen LogP contribution is -2.09. The van der Waals surface area contributed by atoms with E-state index in [9.17, 15) is 4.79 Å². The van der Waals surface area contributed by atoms with E-state index in [1.165, 1.54) is 12.3 Å². The summed E-state index contributed by atoms with van der Waals surface area (Å²) in [6.07, 6.45) is 1.48. The van der Waals surface area contributed by atoms with Crippen molar-refractivity contribution in [2.45, 2.75) is 13.2 Å². The van der Waals surface area contributed by atoms with Gasteiger partial charge < -0.3 is 9.72 Å². The molecule has 1 heterocycles. The molecule has 0 aliphatic carbocycles. The molecule has 2 rings (SSSR count). The Morgan fingerprint density at radius 2 is 2.11 bits per heavy atom. The lowest BCUT2D eigenvalue weighted by atomic mass is 10.2. The van der Waals surface area contributed by atoms with Gasteiger partial charge >= 0.3 is 0 Å². The summed E-state index contributed by atoms with van der Waals surface area (Å²) in [6.45, 7) is 0.449. The Kier molecular flexibility index (Phi) is 4.21. The number of benzene rings is 1. The second-order valence-corrected chi connectivity index (χ2v) is 3.85. The Balaban J connectivity index is 2.05. The van der Waals surface area contributed by atoms with Crippen molar-refractivity contribution in [3.63, 3.8) is 0 Å². The third-order valence-electron chi connectivity index (χ3n) is 2.48. The third-order valence-corrected chi connectivity index (χ3v) is 2.48. The highest BCUT2D eigenvalue weighted by Gasteiger charge is 2.02. The van der Waals surface area contributed by atoms with Crippen molar-refractivity contribution in [2.24, 2.45) is 5.11 Å². The highest BCUT2D eigenvalue weighted by molar-refractivity contribution is 5.21. The van der Waals surface area contributed by atoms with Gasteiger partial charge in [0.2, 0.25) is 5.43 Å². The van der Waals surface area contributed by atoms with E-state index in [-0.39, 0.29) is 17.7 Å². The molecule has 96 valence electrons. The third kappa shape index (κ3) is 3.62. The van der Waals surface area contributed by atoms with E-state index >= 15 is 0 Å². The zero-order chi connectivity index (χ0) is 13.5. The molecule has 2 aromatic rings. The minimum atomic E-state index is -0.238. The highest BCUT2D eigenvalue weighted by atomic mass is 16.5. The normalized spacial score (nSPS) is 9.68. The summed E-state index contributed by atoms with van der Waals surface area (Å²) in [6, 6.07) is 10.9. The van der Waals surface area contributed by atoms with E-state index in [0.29, 0.717) is 12.3 Å². The molecule has 6 heteroatoms. The van der Waals surface area contributed by atoms with Crippen molar-refractivity contribution in [3.05, 3.63) is 74.5 Å². The first-order chi connectivity index (χ1) is 9.29. The molecule has 0 saturated heterocycles. The largest absolute Gasteiger partial charge is 0.483 e. The topological polar surface area (TPSA) is 90.9 Å². The number of hydrogen-bond acceptors (Lipinski definition) is 3. The van der Waals surface area contributed by atoms with E-state index in [1.807, 2.05) is 30.3 Å². The summed E-state index contributed by atoms with van der Waals surface area (Å²) in [7, 11) is 0. The van der Waals surface area contributed by atoms with Crippen LogP contribution in [-0.4, -0.2) is 4.98 Å². The number of pyridine rings is 1. The van der Waals surface area contributed by atoms with E-state index in [2.05, 4.69) is 15.0 Å². The number of H-pyrrole nitrogens is 1. The van der Waals surface area contributed by atoms with Gasteiger partial charge in [0.15, 0.2) is 5.75 Å². The summed E-state index contributed by atoms with van der Waals surface area (Å²) < 4.78 is 5.44. The lowest BCUT2D eigenvalue weighted by molar-refractivity contribution is 0.302. The molecular formula is C13H12N4O2. The minimum absolute atomic E-state index is 0.116. The van der Waals surface area contributed by atoms with Crippen LogP contribution in [0.4, 0.5) is 0 Å². The molecule has 1 aromatic heterocycles. The van der Waals surface area contributed by atoms with Gasteiger partial charge in [0.1, 0.15) is 6.61 Å². The molecular weight excluding hydrogens is 244 g/mol. The Hall–Kier alpha value is -2.72. The molecule has 0 bridgehead atoms. The number of ether oxygens (including phenoxy) is 1. The average Bonchev–Trinajstić information content (AvgIpc) is 2.45. The Morgan fingerprint density at radius 1 is 1.32 bits per heavy atom. The van der Waals surface area contributed by atoms with Crippen LogP contribution in [0.3, 0.4) is 0 Å². The van der Waals surface area contributed by atoms with Gasteiger partial charge in [0, 0.05) is 22.9 Å². The van der Waals surface area contributed by atoms with Crippen molar-refractivity contribution in [1.82, 2.24) is 4.98 Å². The van der Waals surface area contributed by atoms with E-state index in [1.54, 1.807) is 0 Å². The fourth-order valence-corrected chi connectivity index (χ4v) is 1.55. The first-order valence-corrected chi connectivity index (χ1v) is 5.69. The predicted molar refractivity (Wildman–Crippen MR) is 70.7 cm³/mol. The maximum absolute atomic E-state index is 11.7. The van der Waals surface area contributed by atoms with Gasteiger partial charge in [-0.2, -0.15) is 0 Å². The molecule has 0 spiro atoms. The van der Waals surface area contributed by atoms with Gasteiger partial charge in [-0.25, -0.2) is 0 Å². The maximum Gasteiger partial charge on any atom is 0.223 e. The van der Waals surface area contributed by atoms with Crippen LogP contribution in [0.5, 0.6) is 5.75 Å². The number of nitrogens with one attached hydrogen (secondary N) is 1. The highest BCUT2D eigenvalue weighted by Crippen LogP contribution is 2.07. The van der Waals surface area contributed by atoms with Crippen molar-refractivity contribution < 1.29 is 4.74 Å². The number of nitrogens with zero attached hydrogens (tertiary/aromatic N) is 3. The van der Waals surface area contributed by atoms with Crippen LogP contribution >= 0.6 is 0 Å². The molecule has 0 aliphatic rings. The molecule has 0 amide bonds. The van der Waals surface area contributed by atoms with Gasteiger partial charge in [-0.05, 0) is 11.1 Å². The molecule has 0 radical (unpaired) electrons. The van der Waals surface area contributed by atoms with E-state index in [0.717, 1.165) is 5.56 Å². The van der Waals surface area contributed by atoms with Crippen LogP contribution in [-0.2, 0) is 13.2 Å². The van der Waals surface area contributed by atoms with Gasteiger partial charge in [-0.15, -0.1) is 0 Å². The van der Waals surface area contributed by atoms with Crippen LogP contribution in [0.15, 0.2) is 52.5 Å². The first-order valence-electron chi connectivity index (χ1n) is 5.69. The van der Waals surface area contributed by atoms with Crippen LogP contribution in [0.1, 0.15) is 11.3 Å². The lowest BCUT2D eigenvalue weighted by Gasteiger charge is -2.06. The Bertz CT molecular complexity index is 645. The number of aromatic amines is 1. The maximum atomic E-state index is 11.7. The summed E-state index contributed by atoms with van der Waals surface area (Å²) in [5.41, 5.74) is 9.50. The van der Waals surface area contributed by atoms with Crippen molar-refractivity contribution in [3.8, 4) is 5.75 Å². The molecule has 1 aromatic carbocycles. The molecule has 0 fully saturated rings. The van der Waals surface area contributed by atoms with Crippen LogP contribution in [0, 0.1) is 0 Å². The summed E-state index contributed by atoms with van der Waals surface area (Å²) in [5, 5.41) is 3.38. The molecule has 6 nitrogen and oxygen atoms in total. The number of aromatic nitrogens is 1. The van der Waals surface area contributed by atoms with Gasteiger partial charge in [0.05, 0.1) is 6.54 Å². The fraction of sp³-hybridized carbons (Fsp3) is 0.154. The standard InChI is InChI=1S/C13H12N4O2/c14-17-16-7-11-6-12(18)13(8-15-11)19-9-10-4-2-1-3-5-10/h1-6,8H,7,9H2,(H,15,18). The SMILES string of the molecule is [N-]=[N+]=NCc1cc(=O)c(OCc2ccccc2)c[nH]1. The summed E-state index contributed by atoms with van der Waals surface area (Å²) >= 11 is 0. The molecule has 0 aliphatic heterocycles. The van der Waals surface area contributed by atoms with Crippen LogP contribution < -0.4 is 10.2 Å². The Morgan fingerprint density at radius 3 is 2.79 bits per heavy atom. The monoisotopic (exact) mass is 256 g/mol. The zero-order valence-corrected chi connectivity index (χ0v) is 10.1. The quantitative estimate of drug-likeness (QED) is 0.506. The molecule has 0 atom stereocenters. The molecule has 19 heavy (non-hydrogen) atoms. The number of azide groups is 1. The number of hydrogen-bond donors (Lipinski definition) is 1. The van der Waals surface area contributed by atoms with Crippen molar-refractivity contribution >= 4 is 0 Å². The van der Waals surface area contributed by atoms with Gasteiger partial charge in [-0.1, -0.05) is 35.4 Å². The minimum Gasteiger partial charge on any atom is -0.483 e. The average molecular weight is 256 g/mol. The second kappa shape index (κ2) is 6.28. The van der Waals surface area contributed by atoms with Crippen LogP contribution in [0.25, 0.3) is 10.4 Å². The van der Waals surface area contributed by atoms with Gasteiger partial charge in [0.25, 0.3) is 0 Å². The molecule has 0 saturated carbocycles. The summed E-state index contributed by atoms with van der Waals surface area (Å²) in [5.74, 6) is 0.244. The molecule has 1 N–H and O–H groups in total. The van der Waals surface area contributed by atoms with E-state index < -0.39 is 0 Å². The fourth-order valence-electron chi connectivity index (χ4n) is 1.55. The number of rotatable bonds is 5. The van der Waals surface area contributed by atoms with Gasteiger partial charge in [-0.3, -0.25) is 4.79 Å². The second-order valence-electron chi connectivity index (χ2n) is 3.85. The van der Waals surface area contributed by atoms with Crippen molar-refractivity contribution in [2.75, 3.05) is 0 Å². The first kappa shape index (κ1) is 12.7. The zero-order valence-electron chi connectivity index (χ0n) is 10.1. The summed E-state index contributed by atoms with van der Waals surface area (Å²) in [4.78, 5) is 17.2. The Labute approximate surface area is 109 Å². The predicted octanol–water partition coefficient (Wildman–Crippen LogP) is 2.76. The molecule has 0 unspecified atom stereocenters. The smallest absolute Gasteiger partial charge is 0.223 e.